The van der Waals surface area contributed by atoms with Crippen LogP contribution in [0, 0.1) is 35.0 Å². The van der Waals surface area contributed by atoms with Crippen molar-refractivity contribution in [2.24, 2.45) is 35.0 Å². The molecule has 20 heavy (non-hydrogen) atoms. The van der Waals surface area contributed by atoms with Crippen LogP contribution in [-0.2, 0) is 0 Å². The summed E-state index contributed by atoms with van der Waals surface area (Å²) in [6.45, 7) is 5.09. The maximum absolute atomic E-state index is 9.93. The first-order valence-corrected chi connectivity index (χ1v) is 8.96. The zero-order valence-corrected chi connectivity index (χ0v) is 13.1. The molecule has 0 aliphatic heterocycles. The van der Waals surface area contributed by atoms with Gasteiger partial charge in [0.15, 0.2) is 0 Å². The Morgan fingerprint density at radius 2 is 1.95 bits per heavy atom. The summed E-state index contributed by atoms with van der Waals surface area (Å²) in [5, 5.41) is 9.93. The van der Waals surface area contributed by atoms with Crippen molar-refractivity contribution < 1.29 is 5.11 Å². The summed E-state index contributed by atoms with van der Waals surface area (Å²) in [7, 11) is 0. The Kier molecular flexibility index (Phi) is 3.07. The van der Waals surface area contributed by atoms with Crippen molar-refractivity contribution in [2.75, 3.05) is 0 Å². The lowest BCUT2D eigenvalue weighted by Crippen LogP contribution is -2.45. The van der Waals surface area contributed by atoms with Gasteiger partial charge in [0.05, 0.1) is 6.10 Å². The van der Waals surface area contributed by atoms with Crippen LogP contribution in [0.5, 0.6) is 0 Å². The molecule has 0 saturated heterocycles. The van der Waals surface area contributed by atoms with Crippen LogP contribution in [0.2, 0.25) is 0 Å². The van der Waals surface area contributed by atoms with E-state index >= 15 is 0 Å². The summed E-state index contributed by atoms with van der Waals surface area (Å²) < 4.78 is 0. The fraction of sp³-hybridized carbons (Fsp3) is 0.895. The van der Waals surface area contributed by atoms with Gasteiger partial charge in [-0.25, -0.2) is 0 Å². The fourth-order valence-electron chi connectivity index (χ4n) is 6.51. The van der Waals surface area contributed by atoms with Crippen LogP contribution in [0.1, 0.15) is 65.2 Å². The molecule has 4 aliphatic rings. The van der Waals surface area contributed by atoms with Gasteiger partial charge in [-0.15, -0.1) is 0 Å². The summed E-state index contributed by atoms with van der Waals surface area (Å²) in [4.78, 5) is 0. The minimum absolute atomic E-state index is 0.0468. The number of aliphatic hydroxyl groups excluding tert-OH is 1. The standard InChI is InChI=1S/C19H30O/c1-12-3-8-18-17-6-4-13-11-14(20)5-7-15(13)16(17)9-10-19(12,18)2/h4,12,14-18,20H,3,5-11H2,1-2H3. The SMILES string of the molecule is CC1CCC2C3CC=C4CC(O)CCC4C3CCC12C. The third-order valence-electron chi connectivity index (χ3n) is 7.89. The molecule has 7 atom stereocenters. The summed E-state index contributed by atoms with van der Waals surface area (Å²) >= 11 is 0. The van der Waals surface area contributed by atoms with Crippen LogP contribution in [0.15, 0.2) is 11.6 Å². The minimum atomic E-state index is -0.0468. The molecule has 0 heterocycles. The van der Waals surface area contributed by atoms with Gasteiger partial charge in [0.2, 0.25) is 0 Å². The predicted molar refractivity (Wildman–Crippen MR) is 82.3 cm³/mol. The Balaban J connectivity index is 1.62. The monoisotopic (exact) mass is 274 g/mol. The molecule has 1 N–H and O–H groups in total. The first-order chi connectivity index (χ1) is 9.59. The molecule has 0 amide bonds. The van der Waals surface area contributed by atoms with E-state index in [1.165, 1.54) is 38.5 Å². The molecule has 0 radical (unpaired) electrons. The Morgan fingerprint density at radius 3 is 2.80 bits per heavy atom. The predicted octanol–water partition coefficient (Wildman–Crippen LogP) is 4.56. The number of fused-ring (bicyclic) bond motifs is 5. The van der Waals surface area contributed by atoms with Crippen molar-refractivity contribution in [1.29, 1.82) is 0 Å². The molecule has 0 aromatic rings. The van der Waals surface area contributed by atoms with Crippen LogP contribution in [0.3, 0.4) is 0 Å². The van der Waals surface area contributed by atoms with Crippen molar-refractivity contribution in [3.8, 4) is 0 Å². The van der Waals surface area contributed by atoms with Gasteiger partial charge in [0, 0.05) is 0 Å². The third kappa shape index (κ3) is 1.78. The molecule has 3 saturated carbocycles. The molecular weight excluding hydrogens is 244 g/mol. The Labute approximate surface area is 123 Å². The van der Waals surface area contributed by atoms with Gasteiger partial charge in [-0.1, -0.05) is 25.5 Å². The van der Waals surface area contributed by atoms with Crippen molar-refractivity contribution in [2.45, 2.75) is 71.3 Å². The zero-order chi connectivity index (χ0) is 13.9. The Morgan fingerprint density at radius 1 is 1.10 bits per heavy atom. The molecule has 3 fully saturated rings. The van der Waals surface area contributed by atoms with Crippen LogP contribution in [-0.4, -0.2) is 11.2 Å². The molecule has 7 unspecified atom stereocenters. The summed E-state index contributed by atoms with van der Waals surface area (Å²) in [5.74, 6) is 4.67. The van der Waals surface area contributed by atoms with Crippen LogP contribution in [0.4, 0.5) is 0 Å². The minimum Gasteiger partial charge on any atom is -0.393 e. The van der Waals surface area contributed by atoms with E-state index in [0.29, 0.717) is 5.41 Å². The van der Waals surface area contributed by atoms with E-state index in [1.54, 1.807) is 5.57 Å². The lowest BCUT2D eigenvalue weighted by molar-refractivity contribution is -0.0149. The summed E-state index contributed by atoms with van der Waals surface area (Å²) in [5.41, 5.74) is 2.26. The number of aliphatic hydroxyl groups is 1. The lowest BCUT2D eigenvalue weighted by atomic mass is 9.52. The third-order valence-corrected chi connectivity index (χ3v) is 7.89. The second-order valence-corrected chi connectivity index (χ2v) is 8.51. The molecule has 4 rings (SSSR count). The maximum atomic E-state index is 9.93. The zero-order valence-electron chi connectivity index (χ0n) is 13.1. The van der Waals surface area contributed by atoms with E-state index in [2.05, 4.69) is 19.9 Å². The molecule has 0 aromatic heterocycles. The second kappa shape index (κ2) is 4.60. The molecule has 0 spiro atoms. The van der Waals surface area contributed by atoms with Crippen molar-refractivity contribution >= 4 is 0 Å². The highest BCUT2D eigenvalue weighted by Crippen LogP contribution is 2.63. The molecular formula is C19H30O. The molecule has 1 nitrogen and oxygen atoms in total. The maximum Gasteiger partial charge on any atom is 0.0577 e. The highest BCUT2D eigenvalue weighted by Gasteiger charge is 2.54. The van der Waals surface area contributed by atoms with Crippen molar-refractivity contribution in [3.05, 3.63) is 11.6 Å². The molecule has 0 bridgehead atoms. The largest absolute Gasteiger partial charge is 0.393 e. The van der Waals surface area contributed by atoms with E-state index in [4.69, 9.17) is 0 Å². The smallest absolute Gasteiger partial charge is 0.0577 e. The number of hydrogen-bond donors (Lipinski definition) is 1. The number of allylic oxidation sites excluding steroid dienone is 1. The average Bonchev–Trinajstić information content (AvgIpc) is 2.74. The van der Waals surface area contributed by atoms with E-state index in [0.717, 1.165) is 42.4 Å². The van der Waals surface area contributed by atoms with Crippen LogP contribution < -0.4 is 0 Å². The first-order valence-electron chi connectivity index (χ1n) is 8.96. The van der Waals surface area contributed by atoms with Gasteiger partial charge >= 0.3 is 0 Å². The Bertz CT molecular complexity index is 425. The lowest BCUT2D eigenvalue weighted by Gasteiger charge is -2.53. The Hall–Kier alpha value is -0.300. The normalized spacial score (nSPS) is 54.6. The van der Waals surface area contributed by atoms with Gasteiger partial charge in [0.1, 0.15) is 0 Å². The van der Waals surface area contributed by atoms with Gasteiger partial charge < -0.3 is 5.11 Å². The van der Waals surface area contributed by atoms with Crippen LogP contribution >= 0.6 is 0 Å². The quantitative estimate of drug-likeness (QED) is 0.642. The van der Waals surface area contributed by atoms with Crippen molar-refractivity contribution in [3.63, 3.8) is 0 Å². The number of hydrogen-bond acceptors (Lipinski definition) is 1. The van der Waals surface area contributed by atoms with E-state index in [-0.39, 0.29) is 6.10 Å². The topological polar surface area (TPSA) is 20.2 Å². The highest BCUT2D eigenvalue weighted by atomic mass is 16.3. The van der Waals surface area contributed by atoms with Gasteiger partial charge in [-0.2, -0.15) is 0 Å². The van der Waals surface area contributed by atoms with E-state index < -0.39 is 0 Å². The average molecular weight is 274 g/mol. The number of rotatable bonds is 0. The van der Waals surface area contributed by atoms with Crippen molar-refractivity contribution in [1.82, 2.24) is 0 Å². The highest BCUT2D eigenvalue weighted by molar-refractivity contribution is 5.19. The van der Waals surface area contributed by atoms with E-state index in [1.807, 2.05) is 0 Å². The first kappa shape index (κ1) is 13.4. The van der Waals surface area contributed by atoms with Gasteiger partial charge in [-0.3, -0.25) is 0 Å². The van der Waals surface area contributed by atoms with Gasteiger partial charge in [0.25, 0.3) is 0 Å². The molecule has 0 aromatic carbocycles. The fourth-order valence-corrected chi connectivity index (χ4v) is 6.51. The summed E-state index contributed by atoms with van der Waals surface area (Å²) in [6, 6.07) is 0. The van der Waals surface area contributed by atoms with E-state index in [9.17, 15) is 5.11 Å². The molecule has 4 aliphatic carbocycles. The van der Waals surface area contributed by atoms with Gasteiger partial charge in [-0.05, 0) is 86.4 Å². The second-order valence-electron chi connectivity index (χ2n) is 8.51. The summed E-state index contributed by atoms with van der Waals surface area (Å²) in [6.07, 6.45) is 13.0. The molecule has 112 valence electrons. The van der Waals surface area contributed by atoms with Crippen LogP contribution in [0.25, 0.3) is 0 Å². The molecule has 1 heteroatoms.